The van der Waals surface area contributed by atoms with E-state index < -0.39 is 0 Å². The van der Waals surface area contributed by atoms with Crippen molar-refractivity contribution in [3.8, 4) is 0 Å². The number of aromatic nitrogens is 2. The zero-order valence-electron chi connectivity index (χ0n) is 10.5. The van der Waals surface area contributed by atoms with Gasteiger partial charge in [0, 0.05) is 6.61 Å². The topological polar surface area (TPSA) is 73.3 Å². The van der Waals surface area contributed by atoms with Crippen LogP contribution in [0.4, 0.5) is 5.13 Å². The van der Waals surface area contributed by atoms with Gasteiger partial charge in [-0.25, -0.2) is 0 Å². The number of amides is 1. The summed E-state index contributed by atoms with van der Waals surface area (Å²) in [5, 5.41) is 12.0. The van der Waals surface area contributed by atoms with Crippen LogP contribution in [0.5, 0.6) is 0 Å². The SMILES string of the molecule is CCOCc1nnc(NC(=O)[C@@H]2C[C@H]3C=C[C@@H]2O3)s1. The van der Waals surface area contributed by atoms with Gasteiger partial charge >= 0.3 is 0 Å². The van der Waals surface area contributed by atoms with Crippen molar-refractivity contribution in [1.82, 2.24) is 10.2 Å². The first kappa shape index (κ1) is 12.7. The Morgan fingerprint density at radius 3 is 3.16 bits per heavy atom. The number of rotatable bonds is 5. The van der Waals surface area contributed by atoms with Crippen LogP contribution < -0.4 is 5.32 Å². The molecule has 2 aliphatic rings. The van der Waals surface area contributed by atoms with Crippen LogP contribution in [-0.4, -0.2) is 34.9 Å². The van der Waals surface area contributed by atoms with Crippen LogP contribution in [0.2, 0.25) is 0 Å². The van der Waals surface area contributed by atoms with Gasteiger partial charge in [0.1, 0.15) is 11.6 Å². The van der Waals surface area contributed by atoms with E-state index in [-0.39, 0.29) is 24.0 Å². The van der Waals surface area contributed by atoms with Gasteiger partial charge in [-0.1, -0.05) is 23.5 Å². The first-order valence-electron chi connectivity index (χ1n) is 6.31. The van der Waals surface area contributed by atoms with E-state index in [1.807, 2.05) is 19.1 Å². The van der Waals surface area contributed by atoms with E-state index in [1.165, 1.54) is 11.3 Å². The highest BCUT2D eigenvalue weighted by atomic mass is 32.1. The molecule has 1 fully saturated rings. The maximum Gasteiger partial charge on any atom is 0.232 e. The number of fused-ring (bicyclic) bond motifs is 2. The number of ether oxygens (including phenoxy) is 2. The Morgan fingerprint density at radius 1 is 1.58 bits per heavy atom. The van der Waals surface area contributed by atoms with Crippen molar-refractivity contribution in [2.24, 2.45) is 5.92 Å². The average molecular weight is 281 g/mol. The molecular formula is C12H15N3O3S. The predicted molar refractivity (Wildman–Crippen MR) is 69.8 cm³/mol. The molecule has 2 aliphatic heterocycles. The summed E-state index contributed by atoms with van der Waals surface area (Å²) < 4.78 is 10.8. The maximum atomic E-state index is 12.1. The highest BCUT2D eigenvalue weighted by molar-refractivity contribution is 7.15. The summed E-state index contributed by atoms with van der Waals surface area (Å²) in [5.41, 5.74) is 0. The first-order valence-corrected chi connectivity index (χ1v) is 7.12. The molecule has 1 aromatic heterocycles. The number of hydrogen-bond acceptors (Lipinski definition) is 6. The molecule has 0 aliphatic carbocycles. The molecule has 2 bridgehead atoms. The zero-order valence-corrected chi connectivity index (χ0v) is 11.4. The van der Waals surface area contributed by atoms with Gasteiger partial charge in [-0.15, -0.1) is 10.2 Å². The van der Waals surface area contributed by atoms with E-state index in [9.17, 15) is 4.79 Å². The van der Waals surface area contributed by atoms with Gasteiger partial charge in [0.2, 0.25) is 11.0 Å². The van der Waals surface area contributed by atoms with Crippen molar-refractivity contribution in [3.63, 3.8) is 0 Å². The van der Waals surface area contributed by atoms with Crippen LogP contribution in [0.3, 0.4) is 0 Å². The normalized spacial score (nSPS) is 27.9. The highest BCUT2D eigenvalue weighted by Gasteiger charge is 2.41. The Hall–Kier alpha value is -1.31. The standard InChI is InChI=1S/C12H15N3O3S/c1-2-17-6-10-14-15-12(19-10)13-11(16)8-5-7-3-4-9(8)18-7/h3-4,7-9H,2,5-6H2,1H3,(H,13,15,16)/t7-,8-,9+/m1/s1. The second-order valence-electron chi connectivity index (χ2n) is 4.49. The minimum absolute atomic E-state index is 0.0454. The summed E-state index contributed by atoms with van der Waals surface area (Å²) in [6.07, 6.45) is 4.74. The Morgan fingerprint density at radius 2 is 2.47 bits per heavy atom. The van der Waals surface area contributed by atoms with Gasteiger partial charge in [-0.3, -0.25) is 4.79 Å². The second-order valence-corrected chi connectivity index (χ2v) is 5.56. The lowest BCUT2D eigenvalue weighted by Gasteiger charge is -2.13. The smallest absolute Gasteiger partial charge is 0.232 e. The zero-order chi connectivity index (χ0) is 13.2. The Kier molecular flexibility index (Phi) is 3.58. The summed E-state index contributed by atoms with van der Waals surface area (Å²) in [5.74, 6) is -0.162. The fraction of sp³-hybridized carbons (Fsp3) is 0.583. The number of anilines is 1. The van der Waals surface area contributed by atoms with Gasteiger partial charge in [0.25, 0.3) is 0 Å². The van der Waals surface area contributed by atoms with E-state index in [0.717, 1.165) is 11.4 Å². The monoisotopic (exact) mass is 281 g/mol. The molecule has 1 aromatic rings. The average Bonchev–Trinajstić information content (AvgIpc) is 3.12. The molecule has 0 spiro atoms. The molecule has 3 heterocycles. The maximum absolute atomic E-state index is 12.1. The molecule has 102 valence electrons. The fourth-order valence-corrected chi connectivity index (χ4v) is 2.96. The summed E-state index contributed by atoms with van der Waals surface area (Å²) in [7, 11) is 0. The van der Waals surface area contributed by atoms with E-state index in [1.54, 1.807) is 0 Å². The predicted octanol–water partition coefficient (Wildman–Crippen LogP) is 1.36. The highest BCUT2D eigenvalue weighted by Crippen LogP contribution is 2.34. The summed E-state index contributed by atoms with van der Waals surface area (Å²) in [4.78, 5) is 12.1. The number of carbonyl (C=O) groups is 1. The minimum atomic E-state index is -0.116. The molecular weight excluding hydrogens is 266 g/mol. The molecule has 0 aromatic carbocycles. The lowest BCUT2D eigenvalue weighted by atomic mass is 9.94. The summed E-state index contributed by atoms with van der Waals surface area (Å²) in [6.45, 7) is 2.99. The van der Waals surface area contributed by atoms with Crippen LogP contribution in [0.1, 0.15) is 18.4 Å². The van der Waals surface area contributed by atoms with Gasteiger partial charge in [0.15, 0.2) is 0 Å². The summed E-state index contributed by atoms with van der Waals surface area (Å²) >= 11 is 1.34. The minimum Gasteiger partial charge on any atom is -0.374 e. The van der Waals surface area contributed by atoms with Crippen LogP contribution in [-0.2, 0) is 20.9 Å². The molecule has 1 N–H and O–H groups in total. The van der Waals surface area contributed by atoms with Crippen LogP contribution >= 0.6 is 11.3 Å². The number of hydrogen-bond donors (Lipinski definition) is 1. The fourth-order valence-electron chi connectivity index (χ4n) is 2.28. The van der Waals surface area contributed by atoms with Gasteiger partial charge < -0.3 is 14.8 Å². The Balaban J connectivity index is 1.57. The van der Waals surface area contributed by atoms with Crippen molar-refractivity contribution in [1.29, 1.82) is 0 Å². The summed E-state index contributed by atoms with van der Waals surface area (Å²) in [6, 6.07) is 0. The first-order chi connectivity index (χ1) is 9.26. The largest absolute Gasteiger partial charge is 0.374 e. The molecule has 19 heavy (non-hydrogen) atoms. The Labute approximate surface area is 114 Å². The molecule has 0 radical (unpaired) electrons. The second kappa shape index (κ2) is 5.36. The molecule has 0 saturated carbocycles. The van der Waals surface area contributed by atoms with Crippen molar-refractivity contribution in [2.45, 2.75) is 32.2 Å². The van der Waals surface area contributed by atoms with E-state index in [4.69, 9.17) is 9.47 Å². The van der Waals surface area contributed by atoms with Crippen LogP contribution in [0, 0.1) is 5.92 Å². The molecule has 0 unspecified atom stereocenters. The van der Waals surface area contributed by atoms with E-state index in [0.29, 0.717) is 18.3 Å². The molecule has 7 heteroatoms. The van der Waals surface area contributed by atoms with E-state index in [2.05, 4.69) is 15.5 Å². The van der Waals surface area contributed by atoms with E-state index >= 15 is 0 Å². The Bertz CT molecular complexity index is 502. The van der Waals surface area contributed by atoms with Crippen molar-refractivity contribution in [2.75, 3.05) is 11.9 Å². The van der Waals surface area contributed by atoms with Gasteiger partial charge in [-0.05, 0) is 13.3 Å². The number of nitrogens with zero attached hydrogens (tertiary/aromatic N) is 2. The molecule has 3 atom stereocenters. The molecule has 6 nitrogen and oxygen atoms in total. The van der Waals surface area contributed by atoms with Crippen LogP contribution in [0.15, 0.2) is 12.2 Å². The molecule has 1 amide bonds. The molecule has 1 saturated heterocycles. The number of carbonyl (C=O) groups excluding carboxylic acids is 1. The van der Waals surface area contributed by atoms with Crippen molar-refractivity contribution < 1.29 is 14.3 Å². The third-order valence-electron chi connectivity index (χ3n) is 3.19. The van der Waals surface area contributed by atoms with Crippen LogP contribution in [0.25, 0.3) is 0 Å². The third kappa shape index (κ3) is 2.68. The van der Waals surface area contributed by atoms with Gasteiger partial charge in [0.05, 0.1) is 18.1 Å². The third-order valence-corrected chi connectivity index (χ3v) is 4.01. The molecule has 3 rings (SSSR count). The van der Waals surface area contributed by atoms with Crippen molar-refractivity contribution >= 4 is 22.4 Å². The quantitative estimate of drug-likeness (QED) is 0.825. The lowest BCUT2D eigenvalue weighted by Crippen LogP contribution is -2.28. The lowest BCUT2D eigenvalue weighted by molar-refractivity contribution is -0.120. The number of nitrogens with one attached hydrogen (secondary N) is 1. The van der Waals surface area contributed by atoms with Gasteiger partial charge in [-0.2, -0.15) is 0 Å². The van der Waals surface area contributed by atoms with Crippen molar-refractivity contribution in [3.05, 3.63) is 17.2 Å².